The second-order valence-electron chi connectivity index (χ2n) is 8.14. The molecule has 8 heteroatoms. The van der Waals surface area contributed by atoms with Gasteiger partial charge in [0.15, 0.2) is 5.13 Å². The zero-order valence-corrected chi connectivity index (χ0v) is 20.2. The van der Waals surface area contributed by atoms with Crippen LogP contribution in [0.25, 0.3) is 10.2 Å². The Hall–Kier alpha value is -2.45. The fourth-order valence-electron chi connectivity index (χ4n) is 3.18. The van der Waals surface area contributed by atoms with Crippen LogP contribution < -0.4 is 10.6 Å². The number of fused-ring (bicyclic) bond motifs is 1. The van der Waals surface area contributed by atoms with Gasteiger partial charge in [0.25, 0.3) is 5.91 Å². The van der Waals surface area contributed by atoms with Crippen LogP contribution >= 0.6 is 27.3 Å². The topological polar surface area (TPSA) is 80.3 Å². The highest BCUT2D eigenvalue weighted by Gasteiger charge is 2.21. The maximum Gasteiger partial charge on any atom is 0.413 e. The van der Waals surface area contributed by atoms with Gasteiger partial charge in [-0.25, -0.2) is 9.78 Å². The summed E-state index contributed by atoms with van der Waals surface area (Å²) in [5.74, 6) is -0.241. The molecule has 0 atom stereocenters. The van der Waals surface area contributed by atoms with E-state index in [4.69, 9.17) is 4.74 Å². The molecule has 6 nitrogen and oxygen atoms in total. The van der Waals surface area contributed by atoms with Gasteiger partial charge in [-0.2, -0.15) is 0 Å². The van der Waals surface area contributed by atoms with Gasteiger partial charge in [0, 0.05) is 10.2 Å². The summed E-state index contributed by atoms with van der Waals surface area (Å²) < 4.78 is 6.61. The van der Waals surface area contributed by atoms with Crippen molar-refractivity contribution in [1.29, 1.82) is 0 Å². The lowest BCUT2D eigenvalue weighted by molar-refractivity contribution is 0.0635. The largest absolute Gasteiger partial charge is 0.444 e. The van der Waals surface area contributed by atoms with Crippen LogP contribution in [0.4, 0.5) is 15.6 Å². The summed E-state index contributed by atoms with van der Waals surface area (Å²) in [6.07, 6.45) is -0.586. The number of rotatable bonds is 3. The Morgan fingerprint density at radius 2 is 1.70 bits per heavy atom. The quantitative estimate of drug-likeness (QED) is 0.435. The minimum atomic E-state index is -0.613. The third-order valence-electron chi connectivity index (χ3n) is 4.26. The molecule has 0 saturated carbocycles. The number of anilines is 2. The lowest BCUT2D eigenvalue weighted by Crippen LogP contribution is -2.27. The fourth-order valence-corrected chi connectivity index (χ4v) is 4.81. The molecule has 2 aromatic carbocycles. The van der Waals surface area contributed by atoms with E-state index in [-0.39, 0.29) is 5.91 Å². The van der Waals surface area contributed by atoms with Crippen molar-refractivity contribution in [3.63, 3.8) is 0 Å². The Labute approximate surface area is 188 Å². The molecule has 30 heavy (non-hydrogen) atoms. The Morgan fingerprint density at radius 1 is 1.07 bits per heavy atom. The minimum absolute atomic E-state index is 0.241. The van der Waals surface area contributed by atoms with Crippen molar-refractivity contribution in [3.8, 4) is 0 Å². The third-order valence-corrected chi connectivity index (χ3v) is 5.92. The lowest BCUT2D eigenvalue weighted by Gasteiger charge is -2.18. The van der Waals surface area contributed by atoms with E-state index in [0.29, 0.717) is 25.4 Å². The normalized spacial score (nSPS) is 11.4. The summed E-state index contributed by atoms with van der Waals surface area (Å²) >= 11 is 4.71. The minimum Gasteiger partial charge on any atom is -0.444 e. The molecule has 0 aliphatic heterocycles. The molecule has 0 radical (unpaired) electrons. The number of halogens is 1. The molecule has 0 unspecified atom stereocenters. The number of carbonyl (C=O) groups excluding carboxylic acids is 2. The average molecular weight is 490 g/mol. The molecular weight excluding hydrogens is 466 g/mol. The highest BCUT2D eigenvalue weighted by atomic mass is 79.9. The number of benzene rings is 2. The second-order valence-corrected chi connectivity index (χ2v) is 10.00. The molecule has 158 valence electrons. The smallest absolute Gasteiger partial charge is 0.413 e. The summed E-state index contributed by atoms with van der Waals surface area (Å²) in [6.45, 7) is 11.3. The van der Waals surface area contributed by atoms with Gasteiger partial charge in [-0.1, -0.05) is 29.0 Å². The van der Waals surface area contributed by atoms with Gasteiger partial charge in [0.05, 0.1) is 15.8 Å². The molecular formula is C22H24BrN3O3S. The molecule has 0 bridgehead atoms. The number of amides is 2. The number of aromatic nitrogens is 1. The predicted octanol–water partition coefficient (Wildman–Crippen LogP) is 6.58. The summed E-state index contributed by atoms with van der Waals surface area (Å²) in [5.41, 5.74) is 4.43. The van der Waals surface area contributed by atoms with Crippen molar-refractivity contribution in [1.82, 2.24) is 4.98 Å². The number of aryl methyl sites for hydroxylation is 3. The molecule has 2 amide bonds. The van der Waals surface area contributed by atoms with E-state index in [2.05, 4.69) is 31.5 Å². The van der Waals surface area contributed by atoms with E-state index in [1.807, 2.05) is 32.9 Å². The Balaban J connectivity index is 1.94. The van der Waals surface area contributed by atoms with Crippen LogP contribution in [0, 0.1) is 20.8 Å². The Morgan fingerprint density at radius 3 is 2.30 bits per heavy atom. The van der Waals surface area contributed by atoms with Gasteiger partial charge in [-0.05, 0) is 80.7 Å². The van der Waals surface area contributed by atoms with E-state index in [1.165, 1.54) is 11.3 Å². The monoisotopic (exact) mass is 489 g/mol. The first-order chi connectivity index (χ1) is 13.9. The maximum atomic E-state index is 13.2. The molecule has 0 saturated heterocycles. The van der Waals surface area contributed by atoms with E-state index < -0.39 is 11.7 Å². The van der Waals surface area contributed by atoms with E-state index in [9.17, 15) is 9.59 Å². The van der Waals surface area contributed by atoms with Crippen molar-refractivity contribution in [3.05, 3.63) is 51.0 Å². The number of nitrogens with one attached hydrogen (secondary N) is 2. The van der Waals surface area contributed by atoms with Crippen LogP contribution in [0.1, 0.15) is 47.8 Å². The molecule has 0 spiro atoms. The van der Waals surface area contributed by atoms with Crippen molar-refractivity contribution in [2.45, 2.75) is 47.1 Å². The number of thiazole rings is 1. The fraction of sp³-hybridized carbons (Fsp3) is 0.318. The van der Waals surface area contributed by atoms with Crippen molar-refractivity contribution in [2.24, 2.45) is 0 Å². The highest BCUT2D eigenvalue weighted by Crippen LogP contribution is 2.34. The van der Waals surface area contributed by atoms with Crippen LogP contribution in [-0.4, -0.2) is 22.6 Å². The first-order valence-corrected chi connectivity index (χ1v) is 11.0. The van der Waals surface area contributed by atoms with Crippen LogP contribution in [0.15, 0.2) is 28.7 Å². The SMILES string of the molecule is Cc1cc(C)c(NC(=O)c2c(Br)ccc3nc(NC(=O)OC(C)(C)C)sc23)c(C)c1. The number of ether oxygens (including phenoxy) is 1. The van der Waals surface area contributed by atoms with Gasteiger partial charge < -0.3 is 10.1 Å². The molecule has 0 fully saturated rings. The van der Waals surface area contributed by atoms with Gasteiger partial charge >= 0.3 is 6.09 Å². The number of hydrogen-bond acceptors (Lipinski definition) is 5. The van der Waals surface area contributed by atoms with Crippen LogP contribution in [-0.2, 0) is 4.74 Å². The Kier molecular flexibility index (Phi) is 6.19. The van der Waals surface area contributed by atoms with Gasteiger partial charge in [-0.3, -0.25) is 10.1 Å². The Bertz CT molecular complexity index is 1130. The van der Waals surface area contributed by atoms with Crippen molar-refractivity contribution < 1.29 is 14.3 Å². The summed E-state index contributed by atoms with van der Waals surface area (Å²) in [6, 6.07) is 7.65. The highest BCUT2D eigenvalue weighted by molar-refractivity contribution is 9.10. The number of carbonyl (C=O) groups is 2. The summed E-state index contributed by atoms with van der Waals surface area (Å²) in [4.78, 5) is 29.7. The summed E-state index contributed by atoms with van der Waals surface area (Å²) in [5, 5.41) is 6.05. The van der Waals surface area contributed by atoms with E-state index >= 15 is 0 Å². The first kappa shape index (κ1) is 22.2. The molecule has 3 aromatic rings. The predicted molar refractivity (Wildman–Crippen MR) is 126 cm³/mol. The third kappa shape index (κ3) is 4.99. The molecule has 2 N–H and O–H groups in total. The standard InChI is InChI=1S/C22H24BrN3O3S/c1-11-9-12(2)17(13(3)10-11)25-19(27)16-14(23)7-8-15-18(16)30-20(24-15)26-21(28)29-22(4,5)6/h7-10H,1-6H3,(H,25,27)(H,24,26,28). The van der Waals surface area contributed by atoms with Gasteiger partial charge in [-0.15, -0.1) is 0 Å². The van der Waals surface area contributed by atoms with Crippen LogP contribution in [0.3, 0.4) is 0 Å². The zero-order valence-electron chi connectivity index (χ0n) is 17.8. The first-order valence-electron chi connectivity index (χ1n) is 9.43. The maximum absolute atomic E-state index is 13.2. The number of nitrogens with zero attached hydrogens (tertiary/aromatic N) is 1. The average Bonchev–Trinajstić information content (AvgIpc) is 2.98. The second kappa shape index (κ2) is 8.35. The molecule has 1 aromatic heterocycles. The zero-order chi connectivity index (χ0) is 22.2. The van der Waals surface area contributed by atoms with Crippen molar-refractivity contribution in [2.75, 3.05) is 10.6 Å². The molecule has 3 rings (SSSR count). The lowest BCUT2D eigenvalue weighted by atomic mass is 10.0. The van der Waals surface area contributed by atoms with Crippen LogP contribution in [0.5, 0.6) is 0 Å². The van der Waals surface area contributed by atoms with Gasteiger partial charge in [0.2, 0.25) is 0 Å². The molecule has 0 aliphatic rings. The molecule has 1 heterocycles. The number of hydrogen-bond donors (Lipinski definition) is 2. The van der Waals surface area contributed by atoms with Crippen LogP contribution in [0.2, 0.25) is 0 Å². The summed E-state index contributed by atoms with van der Waals surface area (Å²) in [7, 11) is 0. The van der Waals surface area contributed by atoms with Crippen molar-refractivity contribution >= 4 is 60.3 Å². The molecule has 0 aliphatic carbocycles. The van der Waals surface area contributed by atoms with E-state index in [1.54, 1.807) is 32.9 Å². The van der Waals surface area contributed by atoms with E-state index in [0.717, 1.165) is 22.4 Å². The van der Waals surface area contributed by atoms with Gasteiger partial charge in [0.1, 0.15) is 5.60 Å².